The molecule has 1 amide bonds. The minimum Gasteiger partial charge on any atom is -0.482 e. The topological polar surface area (TPSA) is 88.5 Å². The highest BCUT2D eigenvalue weighted by atomic mass is 16.5. The van der Waals surface area contributed by atoms with E-state index < -0.39 is 12.6 Å². The van der Waals surface area contributed by atoms with Crippen LogP contribution in [-0.2, 0) is 4.79 Å². The van der Waals surface area contributed by atoms with Crippen molar-refractivity contribution in [2.24, 2.45) is 0 Å². The third-order valence-corrected chi connectivity index (χ3v) is 3.64. The van der Waals surface area contributed by atoms with E-state index in [4.69, 9.17) is 9.84 Å². The van der Waals surface area contributed by atoms with Crippen LogP contribution < -0.4 is 10.1 Å². The van der Waals surface area contributed by atoms with E-state index in [9.17, 15) is 9.59 Å². The molecule has 0 aliphatic rings. The van der Waals surface area contributed by atoms with Crippen molar-refractivity contribution in [1.29, 1.82) is 0 Å². The van der Waals surface area contributed by atoms with Gasteiger partial charge in [0.25, 0.3) is 5.91 Å². The van der Waals surface area contributed by atoms with Crippen LogP contribution in [-0.4, -0.2) is 28.6 Å². The van der Waals surface area contributed by atoms with Gasteiger partial charge < -0.3 is 15.2 Å². The number of carboxylic acids is 1. The number of pyridine rings is 1. The molecule has 0 saturated carbocycles. The molecule has 130 valence electrons. The minimum absolute atomic E-state index is 0.231. The van der Waals surface area contributed by atoms with Gasteiger partial charge in [-0.3, -0.25) is 9.78 Å². The van der Waals surface area contributed by atoms with Crippen LogP contribution in [0.15, 0.2) is 73.1 Å². The molecule has 0 spiro atoms. The van der Waals surface area contributed by atoms with Gasteiger partial charge in [0.1, 0.15) is 5.75 Å². The average Bonchev–Trinajstić information content (AvgIpc) is 2.68. The van der Waals surface area contributed by atoms with Crippen molar-refractivity contribution >= 4 is 17.6 Å². The summed E-state index contributed by atoms with van der Waals surface area (Å²) in [6.07, 6.45) is 3.44. The summed E-state index contributed by atoms with van der Waals surface area (Å²) in [4.78, 5) is 26.8. The number of aliphatic carboxylic acids is 1. The lowest BCUT2D eigenvalue weighted by Gasteiger charge is -2.08. The SMILES string of the molecule is O=C(O)COc1ccc(NC(=O)c2ccc(-c3ccncc3)cc2)cc1. The maximum Gasteiger partial charge on any atom is 0.341 e. The number of nitrogens with one attached hydrogen (secondary N) is 1. The van der Waals surface area contributed by atoms with E-state index in [1.54, 1.807) is 48.8 Å². The summed E-state index contributed by atoms with van der Waals surface area (Å²) in [7, 11) is 0. The maximum atomic E-state index is 12.3. The van der Waals surface area contributed by atoms with Gasteiger partial charge in [-0.05, 0) is 59.7 Å². The van der Waals surface area contributed by atoms with E-state index in [-0.39, 0.29) is 5.91 Å². The molecular weight excluding hydrogens is 332 g/mol. The van der Waals surface area contributed by atoms with E-state index in [0.29, 0.717) is 17.0 Å². The third kappa shape index (κ3) is 4.45. The van der Waals surface area contributed by atoms with Crippen molar-refractivity contribution in [2.45, 2.75) is 0 Å². The van der Waals surface area contributed by atoms with Crippen molar-refractivity contribution in [3.63, 3.8) is 0 Å². The van der Waals surface area contributed by atoms with Crippen molar-refractivity contribution in [2.75, 3.05) is 11.9 Å². The van der Waals surface area contributed by atoms with E-state index in [1.165, 1.54) is 0 Å². The van der Waals surface area contributed by atoms with Gasteiger partial charge in [-0.1, -0.05) is 12.1 Å². The predicted octanol–water partition coefficient (Wildman–Crippen LogP) is 3.46. The first kappa shape index (κ1) is 17.2. The number of anilines is 1. The normalized spacial score (nSPS) is 10.2. The Kier molecular flexibility index (Phi) is 5.24. The molecule has 2 aromatic carbocycles. The Labute approximate surface area is 150 Å². The molecule has 3 rings (SSSR count). The van der Waals surface area contributed by atoms with Crippen LogP contribution in [0.25, 0.3) is 11.1 Å². The molecule has 26 heavy (non-hydrogen) atoms. The molecule has 6 nitrogen and oxygen atoms in total. The number of aromatic nitrogens is 1. The fourth-order valence-corrected chi connectivity index (χ4v) is 2.34. The van der Waals surface area contributed by atoms with E-state index in [0.717, 1.165) is 11.1 Å². The first-order valence-corrected chi connectivity index (χ1v) is 7.88. The zero-order valence-corrected chi connectivity index (χ0v) is 13.8. The van der Waals surface area contributed by atoms with Crippen LogP contribution in [0.4, 0.5) is 5.69 Å². The molecule has 0 radical (unpaired) electrons. The standard InChI is InChI=1S/C20H16N2O4/c23-19(24)13-26-18-7-5-17(6-8-18)22-20(25)16-3-1-14(2-4-16)15-9-11-21-12-10-15/h1-12H,13H2,(H,22,25)(H,23,24). The summed E-state index contributed by atoms with van der Waals surface area (Å²) in [5, 5.41) is 11.4. The first-order chi connectivity index (χ1) is 12.6. The van der Waals surface area contributed by atoms with Gasteiger partial charge >= 0.3 is 5.97 Å². The highest BCUT2D eigenvalue weighted by Crippen LogP contribution is 2.20. The van der Waals surface area contributed by atoms with Crippen molar-refractivity contribution < 1.29 is 19.4 Å². The molecule has 0 atom stereocenters. The number of amides is 1. The monoisotopic (exact) mass is 348 g/mol. The Hall–Kier alpha value is -3.67. The second-order valence-electron chi connectivity index (χ2n) is 5.47. The molecule has 0 unspecified atom stereocenters. The van der Waals surface area contributed by atoms with Gasteiger partial charge in [0, 0.05) is 23.6 Å². The second kappa shape index (κ2) is 7.94. The predicted molar refractivity (Wildman–Crippen MR) is 97.2 cm³/mol. The lowest BCUT2D eigenvalue weighted by Crippen LogP contribution is -2.12. The van der Waals surface area contributed by atoms with Gasteiger partial charge in [-0.2, -0.15) is 0 Å². The van der Waals surface area contributed by atoms with Crippen LogP contribution >= 0.6 is 0 Å². The number of carboxylic acid groups (broad SMARTS) is 1. The summed E-state index contributed by atoms with van der Waals surface area (Å²) in [6, 6.07) is 17.6. The van der Waals surface area contributed by atoms with Gasteiger partial charge in [0.2, 0.25) is 0 Å². The summed E-state index contributed by atoms with van der Waals surface area (Å²) in [6.45, 7) is -0.407. The first-order valence-electron chi connectivity index (χ1n) is 7.88. The Bertz CT molecular complexity index is 891. The fraction of sp³-hybridized carbons (Fsp3) is 0.0500. The zero-order valence-electron chi connectivity index (χ0n) is 13.8. The lowest BCUT2D eigenvalue weighted by atomic mass is 10.0. The molecule has 0 aliphatic carbocycles. The smallest absolute Gasteiger partial charge is 0.341 e. The molecule has 1 heterocycles. The number of carbonyl (C=O) groups is 2. The van der Waals surface area contributed by atoms with Gasteiger partial charge in [-0.15, -0.1) is 0 Å². The Balaban J connectivity index is 1.63. The van der Waals surface area contributed by atoms with E-state index in [2.05, 4.69) is 10.3 Å². The molecule has 6 heteroatoms. The van der Waals surface area contributed by atoms with Gasteiger partial charge in [0.05, 0.1) is 0 Å². The summed E-state index contributed by atoms with van der Waals surface area (Å²) >= 11 is 0. The number of rotatable bonds is 6. The fourth-order valence-electron chi connectivity index (χ4n) is 2.34. The van der Waals surface area contributed by atoms with E-state index in [1.807, 2.05) is 24.3 Å². The van der Waals surface area contributed by atoms with Crippen LogP contribution in [0.5, 0.6) is 5.75 Å². The van der Waals surface area contributed by atoms with Gasteiger partial charge in [0.15, 0.2) is 6.61 Å². The summed E-state index contributed by atoms with van der Waals surface area (Å²) in [5.41, 5.74) is 3.16. The number of hydrogen-bond donors (Lipinski definition) is 2. The second-order valence-corrected chi connectivity index (χ2v) is 5.47. The molecule has 0 saturated heterocycles. The van der Waals surface area contributed by atoms with E-state index >= 15 is 0 Å². The summed E-state index contributed by atoms with van der Waals surface area (Å²) in [5.74, 6) is -0.852. The summed E-state index contributed by atoms with van der Waals surface area (Å²) < 4.78 is 5.05. The number of nitrogens with zero attached hydrogens (tertiary/aromatic N) is 1. The minimum atomic E-state index is -1.04. The van der Waals surface area contributed by atoms with Crippen molar-refractivity contribution in [3.05, 3.63) is 78.6 Å². The third-order valence-electron chi connectivity index (χ3n) is 3.64. The highest BCUT2D eigenvalue weighted by molar-refractivity contribution is 6.04. The largest absolute Gasteiger partial charge is 0.482 e. The molecule has 0 fully saturated rings. The Morgan fingerprint density at radius 2 is 1.50 bits per heavy atom. The Morgan fingerprint density at radius 1 is 0.885 bits per heavy atom. The molecule has 0 aliphatic heterocycles. The lowest BCUT2D eigenvalue weighted by molar-refractivity contribution is -0.139. The quantitative estimate of drug-likeness (QED) is 0.712. The number of benzene rings is 2. The van der Waals surface area contributed by atoms with Crippen molar-refractivity contribution in [1.82, 2.24) is 4.98 Å². The molecule has 3 aromatic rings. The van der Waals surface area contributed by atoms with Crippen LogP contribution in [0.1, 0.15) is 10.4 Å². The highest BCUT2D eigenvalue weighted by Gasteiger charge is 2.07. The molecule has 2 N–H and O–H groups in total. The number of ether oxygens (including phenoxy) is 1. The van der Waals surface area contributed by atoms with Crippen LogP contribution in [0.3, 0.4) is 0 Å². The average molecular weight is 348 g/mol. The molecule has 1 aromatic heterocycles. The van der Waals surface area contributed by atoms with Crippen molar-refractivity contribution in [3.8, 4) is 16.9 Å². The Morgan fingerprint density at radius 3 is 2.12 bits per heavy atom. The zero-order chi connectivity index (χ0) is 18.4. The van der Waals surface area contributed by atoms with Crippen LogP contribution in [0.2, 0.25) is 0 Å². The van der Waals surface area contributed by atoms with Gasteiger partial charge in [-0.25, -0.2) is 4.79 Å². The van der Waals surface area contributed by atoms with Crippen LogP contribution in [0, 0.1) is 0 Å². The maximum absolute atomic E-state index is 12.3. The molecular formula is C20H16N2O4. The number of hydrogen-bond acceptors (Lipinski definition) is 4. The number of carbonyl (C=O) groups excluding carboxylic acids is 1. The molecule has 0 bridgehead atoms.